The molecule has 5 nitrogen and oxygen atoms in total. The predicted molar refractivity (Wildman–Crippen MR) is 69.8 cm³/mol. The van der Waals surface area contributed by atoms with Crippen LogP contribution in [0.25, 0.3) is 10.9 Å². The molecule has 2 aromatic heterocycles. The van der Waals surface area contributed by atoms with Crippen molar-refractivity contribution in [1.82, 2.24) is 15.2 Å². The van der Waals surface area contributed by atoms with Gasteiger partial charge >= 0.3 is 0 Å². The van der Waals surface area contributed by atoms with Crippen LogP contribution in [0.1, 0.15) is 5.69 Å². The Bertz CT molecular complexity index is 693. The van der Waals surface area contributed by atoms with Gasteiger partial charge in [-0.15, -0.1) is 10.2 Å². The maximum absolute atomic E-state index is 8.91. The highest BCUT2D eigenvalue weighted by Crippen LogP contribution is 2.26. The maximum Gasteiger partial charge on any atom is 0.238 e. The third kappa shape index (κ3) is 2.36. The summed E-state index contributed by atoms with van der Waals surface area (Å²) in [6.45, 7) is -0.136. The summed E-state index contributed by atoms with van der Waals surface area (Å²) in [5.74, 6) is 1.000. The minimum atomic E-state index is -0.136. The summed E-state index contributed by atoms with van der Waals surface area (Å²) in [6.07, 6.45) is 1.72. The lowest BCUT2D eigenvalue weighted by Crippen LogP contribution is -1.95. The SMILES string of the molecule is OCc1ccc(Oc2cccc3cccnc23)nn1. The number of aliphatic hydroxyl groups is 1. The van der Waals surface area contributed by atoms with Crippen molar-refractivity contribution in [3.63, 3.8) is 0 Å². The van der Waals surface area contributed by atoms with E-state index in [0.717, 1.165) is 10.9 Å². The molecule has 19 heavy (non-hydrogen) atoms. The van der Waals surface area contributed by atoms with Gasteiger partial charge in [0.1, 0.15) is 5.52 Å². The van der Waals surface area contributed by atoms with Crippen LogP contribution in [0.2, 0.25) is 0 Å². The summed E-state index contributed by atoms with van der Waals surface area (Å²) in [6, 6.07) is 12.9. The summed E-state index contributed by atoms with van der Waals surface area (Å²) in [5, 5.41) is 17.6. The van der Waals surface area contributed by atoms with E-state index in [2.05, 4.69) is 15.2 Å². The molecule has 0 aliphatic heterocycles. The van der Waals surface area contributed by atoms with E-state index in [1.807, 2.05) is 30.3 Å². The predicted octanol–water partition coefficient (Wildman–Crippen LogP) is 2.31. The summed E-state index contributed by atoms with van der Waals surface area (Å²) >= 11 is 0. The molecular formula is C14H11N3O2. The molecular weight excluding hydrogens is 242 g/mol. The van der Waals surface area contributed by atoms with Crippen LogP contribution >= 0.6 is 0 Å². The number of rotatable bonds is 3. The summed E-state index contributed by atoms with van der Waals surface area (Å²) in [4.78, 5) is 4.30. The minimum absolute atomic E-state index is 0.136. The Balaban J connectivity index is 1.96. The van der Waals surface area contributed by atoms with Crippen molar-refractivity contribution in [3.8, 4) is 11.6 Å². The Labute approximate surface area is 109 Å². The highest BCUT2D eigenvalue weighted by atomic mass is 16.5. The highest BCUT2D eigenvalue weighted by Gasteiger charge is 2.05. The normalized spacial score (nSPS) is 10.6. The number of pyridine rings is 1. The molecule has 5 heteroatoms. The highest BCUT2D eigenvalue weighted by molar-refractivity contribution is 5.84. The second-order valence-corrected chi connectivity index (χ2v) is 3.95. The number of benzene rings is 1. The van der Waals surface area contributed by atoms with Crippen molar-refractivity contribution in [2.45, 2.75) is 6.61 Å². The second kappa shape index (κ2) is 4.99. The minimum Gasteiger partial charge on any atom is -0.435 e. The molecule has 3 aromatic rings. The molecule has 1 aromatic carbocycles. The molecule has 0 saturated carbocycles. The fraction of sp³-hybridized carbons (Fsp3) is 0.0714. The molecule has 1 N–H and O–H groups in total. The second-order valence-electron chi connectivity index (χ2n) is 3.95. The zero-order valence-electron chi connectivity index (χ0n) is 10.0. The van der Waals surface area contributed by atoms with Crippen LogP contribution in [0.15, 0.2) is 48.7 Å². The van der Waals surface area contributed by atoms with Gasteiger partial charge in [0, 0.05) is 17.6 Å². The molecule has 0 radical (unpaired) electrons. The molecule has 94 valence electrons. The van der Waals surface area contributed by atoms with Gasteiger partial charge in [0.2, 0.25) is 5.88 Å². The Morgan fingerprint density at radius 1 is 1.00 bits per heavy atom. The third-order valence-corrected chi connectivity index (χ3v) is 2.67. The molecule has 0 aliphatic rings. The summed E-state index contributed by atoms with van der Waals surface area (Å²) in [7, 11) is 0. The van der Waals surface area contributed by atoms with Gasteiger partial charge in [-0.1, -0.05) is 18.2 Å². The van der Waals surface area contributed by atoms with Crippen LogP contribution in [0.4, 0.5) is 0 Å². The fourth-order valence-electron chi connectivity index (χ4n) is 1.76. The first-order chi connectivity index (χ1) is 9.36. The first-order valence-corrected chi connectivity index (χ1v) is 5.82. The van der Waals surface area contributed by atoms with Crippen molar-refractivity contribution >= 4 is 10.9 Å². The van der Waals surface area contributed by atoms with Crippen molar-refractivity contribution in [2.24, 2.45) is 0 Å². The monoisotopic (exact) mass is 253 g/mol. The number of aliphatic hydroxyl groups excluding tert-OH is 1. The first kappa shape index (κ1) is 11.6. The van der Waals surface area contributed by atoms with E-state index in [4.69, 9.17) is 9.84 Å². The number of hydrogen-bond acceptors (Lipinski definition) is 5. The van der Waals surface area contributed by atoms with Crippen LogP contribution < -0.4 is 4.74 Å². The lowest BCUT2D eigenvalue weighted by atomic mass is 10.2. The zero-order valence-corrected chi connectivity index (χ0v) is 10.0. The Morgan fingerprint density at radius 2 is 1.89 bits per heavy atom. The lowest BCUT2D eigenvalue weighted by molar-refractivity contribution is 0.274. The zero-order chi connectivity index (χ0) is 13.1. The number of nitrogens with zero attached hydrogens (tertiary/aromatic N) is 3. The van der Waals surface area contributed by atoms with Crippen molar-refractivity contribution in [3.05, 3.63) is 54.4 Å². The standard InChI is InChI=1S/C14H11N3O2/c18-9-11-6-7-13(17-16-11)19-12-5-1-3-10-4-2-8-15-14(10)12/h1-8,18H,9H2. The quantitative estimate of drug-likeness (QED) is 0.775. The fourth-order valence-corrected chi connectivity index (χ4v) is 1.76. The summed E-state index contributed by atoms with van der Waals surface area (Å²) < 4.78 is 5.67. The third-order valence-electron chi connectivity index (χ3n) is 2.67. The lowest BCUT2D eigenvalue weighted by Gasteiger charge is -2.06. The van der Waals surface area contributed by atoms with E-state index < -0.39 is 0 Å². The average Bonchev–Trinajstić information content (AvgIpc) is 2.48. The molecule has 0 aliphatic carbocycles. The van der Waals surface area contributed by atoms with Crippen molar-refractivity contribution in [1.29, 1.82) is 0 Å². The van der Waals surface area contributed by atoms with E-state index in [9.17, 15) is 0 Å². The van der Waals surface area contributed by atoms with Crippen molar-refractivity contribution in [2.75, 3.05) is 0 Å². The Morgan fingerprint density at radius 3 is 2.68 bits per heavy atom. The van der Waals surface area contributed by atoms with Gasteiger partial charge in [0.25, 0.3) is 0 Å². The number of ether oxygens (including phenoxy) is 1. The molecule has 0 spiro atoms. The molecule has 0 amide bonds. The number of hydrogen-bond donors (Lipinski definition) is 1. The largest absolute Gasteiger partial charge is 0.435 e. The molecule has 0 saturated heterocycles. The van der Waals surface area contributed by atoms with E-state index in [1.54, 1.807) is 18.3 Å². The van der Waals surface area contributed by atoms with Crippen molar-refractivity contribution < 1.29 is 9.84 Å². The van der Waals surface area contributed by atoms with Gasteiger partial charge in [-0.2, -0.15) is 0 Å². The smallest absolute Gasteiger partial charge is 0.238 e. The van der Waals surface area contributed by atoms with Gasteiger partial charge < -0.3 is 9.84 Å². The molecule has 0 unspecified atom stereocenters. The van der Waals surface area contributed by atoms with Crippen LogP contribution in [0.5, 0.6) is 11.6 Å². The van der Waals surface area contributed by atoms with Gasteiger partial charge in [-0.3, -0.25) is 4.98 Å². The average molecular weight is 253 g/mol. The molecule has 0 bridgehead atoms. The van der Waals surface area contributed by atoms with Crippen LogP contribution in [0.3, 0.4) is 0 Å². The van der Waals surface area contributed by atoms with E-state index >= 15 is 0 Å². The molecule has 2 heterocycles. The molecule has 0 atom stereocenters. The molecule has 3 rings (SSSR count). The van der Waals surface area contributed by atoms with Crippen LogP contribution in [-0.2, 0) is 6.61 Å². The van der Waals surface area contributed by atoms with Gasteiger partial charge in [-0.05, 0) is 18.2 Å². The molecule has 0 fully saturated rings. The van der Waals surface area contributed by atoms with Gasteiger partial charge in [0.05, 0.1) is 12.3 Å². The first-order valence-electron chi connectivity index (χ1n) is 5.82. The van der Waals surface area contributed by atoms with E-state index in [0.29, 0.717) is 17.3 Å². The van der Waals surface area contributed by atoms with E-state index in [-0.39, 0.29) is 6.61 Å². The summed E-state index contributed by atoms with van der Waals surface area (Å²) in [5.41, 5.74) is 1.28. The topological polar surface area (TPSA) is 68.1 Å². The maximum atomic E-state index is 8.91. The van der Waals surface area contributed by atoms with Gasteiger partial charge in [0.15, 0.2) is 5.75 Å². The van der Waals surface area contributed by atoms with Crippen LogP contribution in [-0.4, -0.2) is 20.3 Å². The number of aromatic nitrogens is 3. The van der Waals surface area contributed by atoms with Gasteiger partial charge in [-0.25, -0.2) is 0 Å². The number of fused-ring (bicyclic) bond motifs is 1. The Kier molecular flexibility index (Phi) is 3.04. The van der Waals surface area contributed by atoms with Crippen LogP contribution in [0, 0.1) is 0 Å². The Hall–Kier alpha value is -2.53. The number of para-hydroxylation sites is 1. The van der Waals surface area contributed by atoms with E-state index in [1.165, 1.54) is 0 Å².